The Kier molecular flexibility index (Phi) is 5.48. The monoisotopic (exact) mass is 346 g/mol. The highest BCUT2D eigenvalue weighted by molar-refractivity contribution is 9.09. The second-order valence-electron chi connectivity index (χ2n) is 4.78. The summed E-state index contributed by atoms with van der Waals surface area (Å²) in [5.41, 5.74) is -0.182. The normalized spacial score (nSPS) is 17.1. The molecule has 1 aromatic rings. The van der Waals surface area contributed by atoms with Crippen molar-refractivity contribution in [1.82, 2.24) is 9.80 Å². The van der Waals surface area contributed by atoms with E-state index < -0.39 is 17.5 Å². The van der Waals surface area contributed by atoms with Crippen molar-refractivity contribution in [2.75, 3.05) is 38.1 Å². The third-order valence-corrected chi connectivity index (χ3v) is 3.81. The minimum absolute atomic E-state index is 0.182. The third kappa shape index (κ3) is 3.55. The summed E-state index contributed by atoms with van der Waals surface area (Å²) in [4.78, 5) is 16.1. The van der Waals surface area contributed by atoms with Crippen LogP contribution in [-0.4, -0.2) is 53.8 Å². The molecule has 0 N–H and O–H groups in total. The zero-order valence-electron chi connectivity index (χ0n) is 11.1. The van der Waals surface area contributed by atoms with Crippen LogP contribution in [0.5, 0.6) is 0 Å². The van der Waals surface area contributed by atoms with E-state index in [2.05, 4.69) is 20.8 Å². The van der Waals surface area contributed by atoms with Gasteiger partial charge in [0.2, 0.25) is 0 Å². The molecule has 0 radical (unpaired) electrons. The van der Waals surface area contributed by atoms with Gasteiger partial charge < -0.3 is 9.80 Å². The first kappa shape index (κ1) is 15.4. The van der Waals surface area contributed by atoms with Gasteiger partial charge in [-0.25, -0.2) is 8.78 Å². The number of hydrogen-bond donors (Lipinski definition) is 0. The topological polar surface area (TPSA) is 23.6 Å². The van der Waals surface area contributed by atoms with Crippen LogP contribution in [0.2, 0.25) is 0 Å². The minimum atomic E-state index is -1.06. The maximum Gasteiger partial charge on any atom is 0.256 e. The average Bonchev–Trinajstić information content (AvgIpc) is 2.67. The van der Waals surface area contributed by atoms with Crippen LogP contribution in [0.4, 0.5) is 8.78 Å². The zero-order chi connectivity index (χ0) is 14.5. The molecule has 0 atom stereocenters. The van der Waals surface area contributed by atoms with Gasteiger partial charge in [-0.15, -0.1) is 0 Å². The highest BCUT2D eigenvalue weighted by Crippen LogP contribution is 2.15. The fourth-order valence-corrected chi connectivity index (χ4v) is 2.86. The lowest BCUT2D eigenvalue weighted by atomic mass is 10.1. The summed E-state index contributed by atoms with van der Waals surface area (Å²) in [5.74, 6) is -2.46. The van der Waals surface area contributed by atoms with E-state index in [1.54, 1.807) is 4.90 Å². The van der Waals surface area contributed by atoms with Gasteiger partial charge in [-0.3, -0.25) is 4.79 Å². The number of alkyl halides is 1. The molecule has 0 aliphatic carbocycles. The molecule has 2 rings (SSSR count). The van der Waals surface area contributed by atoms with Gasteiger partial charge in [0.1, 0.15) is 0 Å². The Morgan fingerprint density at radius 3 is 2.75 bits per heavy atom. The molecule has 1 aromatic carbocycles. The molecule has 3 nitrogen and oxygen atoms in total. The van der Waals surface area contributed by atoms with Crippen LogP contribution >= 0.6 is 15.9 Å². The van der Waals surface area contributed by atoms with Crippen LogP contribution in [0.15, 0.2) is 18.2 Å². The van der Waals surface area contributed by atoms with Gasteiger partial charge in [-0.2, -0.15) is 0 Å². The molecule has 1 aliphatic rings. The number of hydrogen-bond acceptors (Lipinski definition) is 2. The summed E-state index contributed by atoms with van der Waals surface area (Å²) >= 11 is 3.40. The molecule has 0 unspecified atom stereocenters. The summed E-state index contributed by atoms with van der Waals surface area (Å²) in [6.45, 7) is 3.72. The van der Waals surface area contributed by atoms with Crippen LogP contribution in [0.3, 0.4) is 0 Å². The van der Waals surface area contributed by atoms with Crippen molar-refractivity contribution in [3.8, 4) is 0 Å². The SMILES string of the molecule is O=C(c1cccc(F)c1F)N1CCCN(CCBr)CC1. The third-order valence-electron chi connectivity index (χ3n) is 3.46. The lowest BCUT2D eigenvalue weighted by Crippen LogP contribution is -2.36. The smallest absolute Gasteiger partial charge is 0.256 e. The van der Waals surface area contributed by atoms with Gasteiger partial charge in [0.25, 0.3) is 5.91 Å². The van der Waals surface area contributed by atoms with Crippen molar-refractivity contribution in [2.45, 2.75) is 6.42 Å². The number of nitrogens with zero attached hydrogens (tertiary/aromatic N) is 2. The summed E-state index contributed by atoms with van der Waals surface area (Å²) in [7, 11) is 0. The van der Waals surface area contributed by atoms with Crippen LogP contribution in [0.25, 0.3) is 0 Å². The molecule has 1 heterocycles. The summed E-state index contributed by atoms with van der Waals surface area (Å²) in [5, 5.41) is 0.888. The van der Waals surface area contributed by atoms with Gasteiger partial charge >= 0.3 is 0 Å². The maximum atomic E-state index is 13.7. The molecule has 1 amide bonds. The van der Waals surface area contributed by atoms with Crippen molar-refractivity contribution in [3.05, 3.63) is 35.4 Å². The molecule has 20 heavy (non-hydrogen) atoms. The van der Waals surface area contributed by atoms with Crippen LogP contribution in [0.1, 0.15) is 16.8 Å². The Morgan fingerprint density at radius 1 is 1.20 bits per heavy atom. The van der Waals surface area contributed by atoms with Gasteiger partial charge in [-0.05, 0) is 25.1 Å². The first-order valence-electron chi connectivity index (χ1n) is 6.65. The van der Waals surface area contributed by atoms with Crippen LogP contribution in [-0.2, 0) is 0 Å². The summed E-state index contributed by atoms with van der Waals surface area (Å²) < 4.78 is 26.9. The molecule has 0 spiro atoms. The number of halogens is 3. The van der Waals surface area contributed by atoms with E-state index >= 15 is 0 Å². The Hall–Kier alpha value is -1.01. The number of carbonyl (C=O) groups excluding carboxylic acids is 1. The molecule has 1 aliphatic heterocycles. The molecular formula is C14H17BrF2N2O. The largest absolute Gasteiger partial charge is 0.337 e. The summed E-state index contributed by atoms with van der Waals surface area (Å²) in [6, 6.07) is 3.72. The van der Waals surface area contributed by atoms with Gasteiger partial charge in [0.15, 0.2) is 11.6 Å². The zero-order valence-corrected chi connectivity index (χ0v) is 12.7. The van der Waals surface area contributed by atoms with Crippen LogP contribution in [0, 0.1) is 11.6 Å². The number of benzene rings is 1. The number of rotatable bonds is 3. The van der Waals surface area contributed by atoms with Crippen molar-refractivity contribution < 1.29 is 13.6 Å². The predicted octanol–water partition coefficient (Wildman–Crippen LogP) is 2.51. The van der Waals surface area contributed by atoms with Gasteiger partial charge in [-0.1, -0.05) is 22.0 Å². The molecule has 6 heteroatoms. The number of carbonyl (C=O) groups is 1. The van der Waals surface area contributed by atoms with Crippen molar-refractivity contribution in [3.63, 3.8) is 0 Å². The molecule has 110 valence electrons. The molecule has 0 bridgehead atoms. The van der Waals surface area contributed by atoms with Gasteiger partial charge in [0, 0.05) is 31.5 Å². The Morgan fingerprint density at radius 2 is 2.00 bits per heavy atom. The first-order valence-corrected chi connectivity index (χ1v) is 7.77. The van der Waals surface area contributed by atoms with Gasteiger partial charge in [0.05, 0.1) is 5.56 Å². The highest BCUT2D eigenvalue weighted by Gasteiger charge is 2.23. The summed E-state index contributed by atoms with van der Waals surface area (Å²) in [6.07, 6.45) is 0.843. The van der Waals surface area contributed by atoms with Crippen molar-refractivity contribution in [1.29, 1.82) is 0 Å². The first-order chi connectivity index (χ1) is 9.63. The van der Waals surface area contributed by atoms with E-state index in [1.165, 1.54) is 12.1 Å². The van der Waals surface area contributed by atoms with Crippen molar-refractivity contribution >= 4 is 21.8 Å². The molecule has 1 saturated heterocycles. The second-order valence-corrected chi connectivity index (χ2v) is 5.57. The van der Waals surface area contributed by atoms with E-state index in [9.17, 15) is 13.6 Å². The second kappa shape index (κ2) is 7.13. The fourth-order valence-electron chi connectivity index (χ4n) is 2.36. The Bertz CT molecular complexity index is 484. The van der Waals surface area contributed by atoms with Crippen LogP contribution < -0.4 is 0 Å². The minimum Gasteiger partial charge on any atom is -0.337 e. The quantitative estimate of drug-likeness (QED) is 0.785. The molecule has 1 fully saturated rings. The van der Waals surface area contributed by atoms with E-state index in [4.69, 9.17) is 0 Å². The van der Waals surface area contributed by atoms with Crippen molar-refractivity contribution in [2.24, 2.45) is 0 Å². The molecule has 0 saturated carbocycles. The van der Waals surface area contributed by atoms with E-state index in [1.807, 2.05) is 0 Å². The fraction of sp³-hybridized carbons (Fsp3) is 0.500. The lowest BCUT2D eigenvalue weighted by molar-refractivity contribution is 0.0756. The predicted molar refractivity (Wildman–Crippen MR) is 77.1 cm³/mol. The highest BCUT2D eigenvalue weighted by atomic mass is 79.9. The molecular weight excluding hydrogens is 330 g/mol. The van der Waals surface area contributed by atoms with E-state index in [0.29, 0.717) is 13.1 Å². The van der Waals surface area contributed by atoms with E-state index in [-0.39, 0.29) is 5.56 Å². The lowest BCUT2D eigenvalue weighted by Gasteiger charge is -2.21. The van der Waals surface area contributed by atoms with E-state index in [0.717, 1.165) is 37.5 Å². The maximum absolute atomic E-state index is 13.7. The number of amides is 1. The Labute approximate surface area is 125 Å². The Balaban J connectivity index is 2.07. The average molecular weight is 347 g/mol. The standard InChI is InChI=1S/C14H17BrF2N2O/c15-5-8-18-6-2-7-19(10-9-18)14(20)11-3-1-4-12(16)13(11)17/h1,3-4H,2,5-10H2. The molecule has 0 aromatic heterocycles.